The number of benzene rings is 1. The van der Waals surface area contributed by atoms with Crippen LogP contribution in [0.25, 0.3) is 0 Å². The van der Waals surface area contributed by atoms with E-state index in [4.69, 9.17) is 10.4 Å². The van der Waals surface area contributed by atoms with Crippen molar-refractivity contribution in [1.82, 2.24) is 0 Å². The summed E-state index contributed by atoms with van der Waals surface area (Å²) in [6.45, 7) is 0.613. The Morgan fingerprint density at radius 1 is 1.43 bits per heavy atom. The molecule has 0 heterocycles. The maximum Gasteiger partial charge on any atom is 0.306 e. The predicted octanol–water partition coefficient (Wildman–Crippen LogP) is 3.76. The summed E-state index contributed by atoms with van der Waals surface area (Å²) >= 11 is 3.08. The first-order valence-electron chi connectivity index (χ1n) is 6.87. The third-order valence-electron chi connectivity index (χ3n) is 3.98. The Labute approximate surface area is 131 Å². The van der Waals surface area contributed by atoms with Crippen molar-refractivity contribution in [1.29, 1.82) is 5.26 Å². The van der Waals surface area contributed by atoms with Gasteiger partial charge in [-0.15, -0.1) is 0 Å². The number of nitrogens with one attached hydrogen (secondary N) is 1. The van der Waals surface area contributed by atoms with Crippen molar-refractivity contribution in [3.05, 3.63) is 28.0 Å². The van der Waals surface area contributed by atoms with E-state index in [1.165, 1.54) is 0 Å². The average molecular weight is 355 g/mol. The summed E-state index contributed by atoms with van der Waals surface area (Å²) in [6, 6.07) is 5.04. The van der Waals surface area contributed by atoms with Crippen molar-refractivity contribution in [2.45, 2.75) is 25.7 Å². The number of hydrogen-bond donors (Lipinski definition) is 2. The zero-order chi connectivity index (χ0) is 15.4. The van der Waals surface area contributed by atoms with Gasteiger partial charge in [0.25, 0.3) is 0 Å². The molecule has 0 amide bonds. The standard InChI is InChI=1S/C15H16BrFN2O2/c16-13-11(7-18)5-6-12(14(13)17)19-8-9-1-3-10(4-2-9)15(20)21/h5-6,9-10,19H,1-4,8H2,(H,20,21). The van der Waals surface area contributed by atoms with E-state index in [1.807, 2.05) is 6.07 Å². The van der Waals surface area contributed by atoms with Crippen LogP contribution >= 0.6 is 15.9 Å². The van der Waals surface area contributed by atoms with E-state index in [2.05, 4.69) is 21.2 Å². The second-order valence-corrected chi connectivity index (χ2v) is 6.13. The first-order chi connectivity index (χ1) is 10.0. The van der Waals surface area contributed by atoms with Gasteiger partial charge in [-0.05, 0) is 59.7 Å². The van der Waals surface area contributed by atoms with E-state index in [-0.39, 0.29) is 16.0 Å². The number of hydrogen-bond acceptors (Lipinski definition) is 3. The molecular formula is C15H16BrFN2O2. The molecule has 0 aromatic heterocycles. The normalized spacial score (nSPS) is 21.6. The van der Waals surface area contributed by atoms with Crippen LogP contribution in [0.1, 0.15) is 31.2 Å². The molecule has 1 aromatic carbocycles. The maximum absolute atomic E-state index is 14.0. The number of halogens is 2. The van der Waals surface area contributed by atoms with E-state index >= 15 is 0 Å². The molecule has 0 atom stereocenters. The molecule has 6 heteroatoms. The molecule has 0 saturated heterocycles. The van der Waals surface area contributed by atoms with Gasteiger partial charge in [0.2, 0.25) is 0 Å². The van der Waals surface area contributed by atoms with Crippen LogP contribution in [0, 0.1) is 29.0 Å². The van der Waals surface area contributed by atoms with Gasteiger partial charge in [0.1, 0.15) is 6.07 Å². The summed E-state index contributed by atoms with van der Waals surface area (Å²) in [7, 11) is 0. The predicted molar refractivity (Wildman–Crippen MR) is 80.4 cm³/mol. The van der Waals surface area contributed by atoms with Gasteiger partial charge in [-0.3, -0.25) is 4.79 Å². The quantitative estimate of drug-likeness (QED) is 0.863. The number of carbonyl (C=O) groups is 1. The Kier molecular flexibility index (Phi) is 5.18. The largest absolute Gasteiger partial charge is 0.481 e. The first-order valence-corrected chi connectivity index (χ1v) is 7.67. The zero-order valence-electron chi connectivity index (χ0n) is 11.4. The Balaban J connectivity index is 1.92. The minimum Gasteiger partial charge on any atom is -0.481 e. The van der Waals surface area contributed by atoms with E-state index in [0.29, 0.717) is 31.0 Å². The van der Waals surface area contributed by atoms with Crippen LogP contribution in [0.2, 0.25) is 0 Å². The highest BCUT2D eigenvalue weighted by molar-refractivity contribution is 9.10. The molecule has 112 valence electrons. The highest BCUT2D eigenvalue weighted by atomic mass is 79.9. The van der Waals surface area contributed by atoms with Gasteiger partial charge < -0.3 is 10.4 Å². The summed E-state index contributed by atoms with van der Waals surface area (Å²) in [5.41, 5.74) is 0.626. The molecule has 0 bridgehead atoms. The van der Waals surface area contributed by atoms with Gasteiger partial charge in [-0.1, -0.05) is 0 Å². The number of anilines is 1. The molecule has 4 nitrogen and oxygen atoms in total. The lowest BCUT2D eigenvalue weighted by atomic mass is 9.82. The Bertz CT molecular complexity index is 578. The Morgan fingerprint density at radius 3 is 2.67 bits per heavy atom. The number of nitriles is 1. The molecule has 2 N–H and O–H groups in total. The average Bonchev–Trinajstić information content (AvgIpc) is 2.49. The van der Waals surface area contributed by atoms with E-state index < -0.39 is 11.8 Å². The molecule has 1 aliphatic rings. The molecule has 0 unspecified atom stereocenters. The molecule has 1 saturated carbocycles. The van der Waals surface area contributed by atoms with Crippen molar-refractivity contribution < 1.29 is 14.3 Å². The molecule has 2 rings (SSSR count). The van der Waals surface area contributed by atoms with Crippen LogP contribution in [0.4, 0.5) is 10.1 Å². The van der Waals surface area contributed by atoms with Gasteiger partial charge >= 0.3 is 5.97 Å². The van der Waals surface area contributed by atoms with Gasteiger partial charge in [0.05, 0.1) is 21.6 Å². The topological polar surface area (TPSA) is 73.1 Å². The summed E-state index contributed by atoms with van der Waals surface area (Å²) in [5, 5.41) is 20.8. The van der Waals surface area contributed by atoms with Crippen molar-refractivity contribution in [2.24, 2.45) is 11.8 Å². The van der Waals surface area contributed by atoms with E-state index in [1.54, 1.807) is 12.1 Å². The molecule has 1 aromatic rings. The van der Waals surface area contributed by atoms with Crippen LogP contribution in [0.15, 0.2) is 16.6 Å². The third-order valence-corrected chi connectivity index (χ3v) is 4.76. The van der Waals surface area contributed by atoms with Crippen LogP contribution in [-0.2, 0) is 4.79 Å². The highest BCUT2D eigenvalue weighted by Gasteiger charge is 2.25. The second kappa shape index (κ2) is 6.90. The van der Waals surface area contributed by atoms with Gasteiger partial charge in [0, 0.05) is 6.54 Å². The van der Waals surface area contributed by atoms with Crippen molar-refractivity contribution >= 4 is 27.6 Å². The number of carboxylic acids is 1. The summed E-state index contributed by atoms with van der Waals surface area (Å²) in [6.07, 6.45) is 3.04. The van der Waals surface area contributed by atoms with Crippen LogP contribution in [0.3, 0.4) is 0 Å². The highest BCUT2D eigenvalue weighted by Crippen LogP contribution is 2.30. The van der Waals surface area contributed by atoms with Gasteiger partial charge in [-0.25, -0.2) is 4.39 Å². The molecule has 21 heavy (non-hydrogen) atoms. The van der Waals surface area contributed by atoms with Crippen LogP contribution in [-0.4, -0.2) is 17.6 Å². The third kappa shape index (κ3) is 3.73. The molecule has 0 spiro atoms. The molecule has 1 aliphatic carbocycles. The number of rotatable bonds is 4. The number of carboxylic acid groups (broad SMARTS) is 1. The zero-order valence-corrected chi connectivity index (χ0v) is 13.0. The second-order valence-electron chi connectivity index (χ2n) is 5.34. The van der Waals surface area contributed by atoms with Crippen molar-refractivity contribution in [3.63, 3.8) is 0 Å². The lowest BCUT2D eigenvalue weighted by Gasteiger charge is -2.26. The first kappa shape index (κ1) is 15.8. The molecular weight excluding hydrogens is 339 g/mol. The van der Waals surface area contributed by atoms with Crippen molar-refractivity contribution in [3.8, 4) is 6.07 Å². The lowest BCUT2D eigenvalue weighted by molar-refractivity contribution is -0.143. The summed E-state index contributed by atoms with van der Waals surface area (Å²) in [4.78, 5) is 10.9. The lowest BCUT2D eigenvalue weighted by Crippen LogP contribution is -2.25. The summed E-state index contributed by atoms with van der Waals surface area (Å²) in [5.74, 6) is -1.06. The fourth-order valence-electron chi connectivity index (χ4n) is 2.64. The fourth-order valence-corrected chi connectivity index (χ4v) is 3.07. The number of nitrogens with zero attached hydrogens (tertiary/aromatic N) is 1. The fraction of sp³-hybridized carbons (Fsp3) is 0.467. The monoisotopic (exact) mass is 354 g/mol. The van der Waals surface area contributed by atoms with Gasteiger partial charge in [-0.2, -0.15) is 5.26 Å². The minimum absolute atomic E-state index is 0.171. The van der Waals surface area contributed by atoms with Crippen LogP contribution in [0.5, 0.6) is 0 Å². The van der Waals surface area contributed by atoms with E-state index in [9.17, 15) is 9.18 Å². The SMILES string of the molecule is N#Cc1ccc(NCC2CCC(C(=O)O)CC2)c(F)c1Br. The minimum atomic E-state index is -0.719. The molecule has 0 aliphatic heterocycles. The Morgan fingerprint density at radius 2 is 2.10 bits per heavy atom. The van der Waals surface area contributed by atoms with E-state index in [0.717, 1.165) is 12.8 Å². The Hall–Kier alpha value is -1.61. The molecule has 1 fully saturated rings. The number of aliphatic carboxylic acids is 1. The smallest absolute Gasteiger partial charge is 0.306 e. The maximum atomic E-state index is 14.0. The van der Waals surface area contributed by atoms with Crippen LogP contribution < -0.4 is 5.32 Å². The summed E-state index contributed by atoms with van der Waals surface area (Å²) < 4.78 is 14.2. The van der Waals surface area contributed by atoms with Gasteiger partial charge in [0.15, 0.2) is 5.82 Å². The van der Waals surface area contributed by atoms with Crippen molar-refractivity contribution in [2.75, 3.05) is 11.9 Å². The molecule has 0 radical (unpaired) electrons.